The largest absolute Gasteiger partial charge is 0.311 e. The van der Waals surface area contributed by atoms with E-state index in [1.54, 1.807) is 11.1 Å². The average molecular weight is 357 g/mol. The fourth-order valence-electron chi connectivity index (χ4n) is 3.11. The molecule has 2 atom stereocenters. The van der Waals surface area contributed by atoms with Crippen LogP contribution in [-0.4, -0.2) is 23.3 Å². The molecule has 2 aromatic rings. The van der Waals surface area contributed by atoms with Crippen molar-refractivity contribution >= 4 is 34.0 Å². The van der Waals surface area contributed by atoms with Crippen LogP contribution in [0.1, 0.15) is 43.0 Å². The summed E-state index contributed by atoms with van der Waals surface area (Å²) in [6.07, 6.45) is 2.98. The first kappa shape index (κ1) is 17.6. The number of nitrogens with one attached hydrogen (secondary N) is 1. The molecule has 5 nitrogen and oxygen atoms in total. The van der Waals surface area contributed by atoms with Crippen LogP contribution in [0.4, 0.5) is 10.8 Å². The van der Waals surface area contributed by atoms with E-state index >= 15 is 0 Å². The van der Waals surface area contributed by atoms with E-state index in [2.05, 4.69) is 30.2 Å². The molecule has 2 heterocycles. The first-order valence-corrected chi connectivity index (χ1v) is 9.43. The quantitative estimate of drug-likeness (QED) is 0.881. The van der Waals surface area contributed by atoms with Crippen LogP contribution in [0.15, 0.2) is 30.5 Å². The summed E-state index contributed by atoms with van der Waals surface area (Å²) in [5.41, 5.74) is 2.09. The van der Waals surface area contributed by atoms with Gasteiger partial charge in [0.05, 0.1) is 5.92 Å². The summed E-state index contributed by atoms with van der Waals surface area (Å²) in [6, 6.07) is 7.99. The van der Waals surface area contributed by atoms with E-state index in [1.807, 2.05) is 25.1 Å². The summed E-state index contributed by atoms with van der Waals surface area (Å²) in [5.74, 6) is -0.102. The minimum Gasteiger partial charge on any atom is -0.311 e. The number of aryl methyl sites for hydroxylation is 1. The Morgan fingerprint density at radius 3 is 2.88 bits per heavy atom. The molecular formula is C19H23N3O2S. The van der Waals surface area contributed by atoms with Gasteiger partial charge in [-0.2, -0.15) is 0 Å². The van der Waals surface area contributed by atoms with Gasteiger partial charge in [-0.3, -0.25) is 9.59 Å². The highest BCUT2D eigenvalue weighted by atomic mass is 32.1. The Balaban J connectivity index is 1.76. The topological polar surface area (TPSA) is 62.3 Å². The smallest absolute Gasteiger partial charge is 0.231 e. The second kappa shape index (κ2) is 7.35. The number of aromatic nitrogens is 1. The molecule has 0 saturated carbocycles. The summed E-state index contributed by atoms with van der Waals surface area (Å²) in [4.78, 5) is 32.0. The van der Waals surface area contributed by atoms with E-state index in [1.165, 1.54) is 11.3 Å². The number of hydrogen-bond acceptors (Lipinski definition) is 4. The van der Waals surface area contributed by atoms with Gasteiger partial charge >= 0.3 is 0 Å². The van der Waals surface area contributed by atoms with Gasteiger partial charge in [0.25, 0.3) is 0 Å². The van der Waals surface area contributed by atoms with Crippen molar-refractivity contribution in [2.24, 2.45) is 5.92 Å². The van der Waals surface area contributed by atoms with E-state index in [0.29, 0.717) is 17.6 Å². The van der Waals surface area contributed by atoms with Crippen LogP contribution < -0.4 is 10.2 Å². The number of benzene rings is 1. The van der Waals surface area contributed by atoms with E-state index in [0.717, 1.165) is 22.5 Å². The van der Waals surface area contributed by atoms with Crippen LogP contribution in [-0.2, 0) is 9.59 Å². The molecule has 132 valence electrons. The standard InChI is InChI=1S/C19H23N3O2S/c1-4-12(2)15-7-5-6-8-16(15)22-11-14(9-17(22)23)18(24)21-19-20-10-13(3)25-19/h5-8,10,12,14H,4,9,11H2,1-3H3,(H,20,21,24). The van der Waals surface area contributed by atoms with Crippen molar-refractivity contribution in [1.82, 2.24) is 4.98 Å². The Morgan fingerprint density at radius 1 is 1.44 bits per heavy atom. The number of amides is 2. The molecule has 0 spiro atoms. The van der Waals surface area contributed by atoms with Gasteiger partial charge in [-0.25, -0.2) is 4.98 Å². The van der Waals surface area contributed by atoms with Crippen LogP contribution in [0.2, 0.25) is 0 Å². The van der Waals surface area contributed by atoms with Gasteiger partial charge in [0, 0.05) is 29.7 Å². The zero-order valence-corrected chi connectivity index (χ0v) is 15.6. The monoisotopic (exact) mass is 357 g/mol. The summed E-state index contributed by atoms with van der Waals surface area (Å²) in [6.45, 7) is 6.66. The van der Waals surface area contributed by atoms with Crippen LogP contribution in [0, 0.1) is 12.8 Å². The number of anilines is 2. The van der Waals surface area contributed by atoms with Gasteiger partial charge in [-0.05, 0) is 30.9 Å². The molecular weight excluding hydrogens is 334 g/mol. The molecule has 2 unspecified atom stereocenters. The number of nitrogens with zero attached hydrogens (tertiary/aromatic N) is 2. The summed E-state index contributed by atoms with van der Waals surface area (Å²) >= 11 is 1.44. The third-order valence-electron chi connectivity index (χ3n) is 4.72. The Hall–Kier alpha value is -2.21. The molecule has 3 rings (SSSR count). The number of hydrogen-bond donors (Lipinski definition) is 1. The number of thiazole rings is 1. The Kier molecular flexibility index (Phi) is 5.18. The van der Waals surface area contributed by atoms with E-state index < -0.39 is 0 Å². The molecule has 1 aliphatic heterocycles. The van der Waals surface area contributed by atoms with Crippen molar-refractivity contribution in [3.8, 4) is 0 Å². The second-order valence-corrected chi connectivity index (χ2v) is 7.77. The summed E-state index contributed by atoms with van der Waals surface area (Å²) < 4.78 is 0. The first-order valence-electron chi connectivity index (χ1n) is 8.62. The molecule has 1 aromatic carbocycles. The van der Waals surface area contributed by atoms with Gasteiger partial charge in [0.1, 0.15) is 0 Å². The van der Waals surface area contributed by atoms with Crippen LogP contribution in [0.25, 0.3) is 0 Å². The lowest BCUT2D eigenvalue weighted by Crippen LogP contribution is -2.29. The second-order valence-electron chi connectivity index (χ2n) is 6.54. The SMILES string of the molecule is CCC(C)c1ccccc1N1CC(C(=O)Nc2ncc(C)s2)CC1=O. The van der Waals surface area contributed by atoms with Crippen molar-refractivity contribution in [3.63, 3.8) is 0 Å². The maximum absolute atomic E-state index is 12.5. The van der Waals surface area contributed by atoms with Gasteiger partial charge < -0.3 is 10.2 Å². The van der Waals surface area contributed by atoms with Crippen LogP contribution in [0.3, 0.4) is 0 Å². The highest BCUT2D eigenvalue weighted by Crippen LogP contribution is 2.33. The van der Waals surface area contributed by atoms with Crippen molar-refractivity contribution in [3.05, 3.63) is 40.9 Å². The minimum absolute atomic E-state index is 0.00576. The lowest BCUT2D eigenvalue weighted by Gasteiger charge is -2.23. The lowest BCUT2D eigenvalue weighted by molar-refractivity contribution is -0.122. The molecule has 1 N–H and O–H groups in total. The summed E-state index contributed by atoms with van der Waals surface area (Å²) in [5, 5.41) is 3.43. The Morgan fingerprint density at radius 2 is 2.20 bits per heavy atom. The maximum Gasteiger partial charge on any atom is 0.231 e. The molecule has 1 fully saturated rings. The van der Waals surface area contributed by atoms with Crippen molar-refractivity contribution < 1.29 is 9.59 Å². The lowest BCUT2D eigenvalue weighted by atomic mass is 9.96. The van der Waals surface area contributed by atoms with Crippen molar-refractivity contribution in [1.29, 1.82) is 0 Å². The van der Waals surface area contributed by atoms with Crippen molar-refractivity contribution in [2.75, 3.05) is 16.8 Å². The Bertz CT molecular complexity index is 786. The molecule has 1 aromatic heterocycles. The van der Waals surface area contributed by atoms with Crippen LogP contribution in [0.5, 0.6) is 0 Å². The number of carbonyl (C=O) groups excluding carboxylic acids is 2. The molecule has 6 heteroatoms. The summed E-state index contributed by atoms with van der Waals surface area (Å²) in [7, 11) is 0. The molecule has 0 radical (unpaired) electrons. The normalized spacial score (nSPS) is 18.4. The molecule has 0 aliphatic carbocycles. The zero-order valence-electron chi connectivity index (χ0n) is 14.8. The maximum atomic E-state index is 12.5. The van der Waals surface area contributed by atoms with E-state index in [-0.39, 0.29) is 24.2 Å². The van der Waals surface area contributed by atoms with E-state index in [9.17, 15) is 9.59 Å². The number of para-hydroxylation sites is 1. The van der Waals surface area contributed by atoms with Crippen molar-refractivity contribution in [2.45, 2.75) is 39.5 Å². The highest BCUT2D eigenvalue weighted by molar-refractivity contribution is 7.15. The highest BCUT2D eigenvalue weighted by Gasteiger charge is 2.36. The van der Waals surface area contributed by atoms with Gasteiger partial charge in [-0.1, -0.05) is 32.0 Å². The number of carbonyl (C=O) groups is 2. The molecule has 1 aliphatic rings. The van der Waals surface area contributed by atoms with Crippen LogP contribution >= 0.6 is 11.3 Å². The molecule has 0 bridgehead atoms. The molecule has 25 heavy (non-hydrogen) atoms. The predicted molar refractivity (Wildman–Crippen MR) is 101 cm³/mol. The van der Waals surface area contributed by atoms with Gasteiger partial charge in [0.2, 0.25) is 11.8 Å². The average Bonchev–Trinajstić information content (AvgIpc) is 3.19. The third kappa shape index (κ3) is 3.74. The molecule has 2 amide bonds. The van der Waals surface area contributed by atoms with E-state index in [4.69, 9.17) is 0 Å². The first-order chi connectivity index (χ1) is 12.0. The fraction of sp³-hybridized carbons (Fsp3) is 0.421. The van der Waals surface area contributed by atoms with Gasteiger partial charge in [0.15, 0.2) is 5.13 Å². The minimum atomic E-state index is -0.346. The fourth-order valence-corrected chi connectivity index (χ4v) is 3.77. The third-order valence-corrected chi connectivity index (χ3v) is 5.55. The molecule has 1 saturated heterocycles. The van der Waals surface area contributed by atoms with Gasteiger partial charge in [-0.15, -0.1) is 11.3 Å². The zero-order chi connectivity index (χ0) is 18.0. The Labute approximate surface area is 152 Å². The predicted octanol–water partition coefficient (Wildman–Crippen LogP) is 3.96. The number of rotatable bonds is 5.